The smallest absolute Gasteiger partial charge is 0.320 e. The maximum Gasteiger partial charge on any atom is 0.320 e. The lowest BCUT2D eigenvalue weighted by Crippen LogP contribution is -2.29. The number of carbonyl (C=O) groups is 1. The molecule has 2 heterocycles. The Balaban J connectivity index is 1.90. The molecule has 1 aliphatic heterocycles. The van der Waals surface area contributed by atoms with Crippen molar-refractivity contribution in [1.29, 1.82) is 0 Å². The number of nitrogens with one attached hydrogen (secondary N) is 1. The van der Waals surface area contributed by atoms with E-state index in [4.69, 9.17) is 5.11 Å². The summed E-state index contributed by atoms with van der Waals surface area (Å²) in [6.45, 7) is 0.784. The van der Waals surface area contributed by atoms with Crippen molar-refractivity contribution in [2.24, 2.45) is 5.92 Å². The Hall–Kier alpha value is -1.42. The molecule has 0 aliphatic carbocycles. The van der Waals surface area contributed by atoms with Gasteiger partial charge in [-0.05, 0) is 36.9 Å². The second-order valence-corrected chi connectivity index (χ2v) is 3.97. The number of aromatic nitrogens is 1. The first kappa shape index (κ1) is 10.1. The van der Waals surface area contributed by atoms with Crippen molar-refractivity contribution < 1.29 is 9.90 Å². The van der Waals surface area contributed by atoms with Crippen LogP contribution >= 0.6 is 0 Å². The van der Waals surface area contributed by atoms with Gasteiger partial charge in [-0.2, -0.15) is 0 Å². The molecule has 4 nitrogen and oxygen atoms in total. The van der Waals surface area contributed by atoms with E-state index in [0.717, 1.165) is 13.0 Å². The van der Waals surface area contributed by atoms with Gasteiger partial charge in [0.1, 0.15) is 6.04 Å². The van der Waals surface area contributed by atoms with E-state index >= 15 is 0 Å². The zero-order valence-electron chi connectivity index (χ0n) is 8.39. The minimum Gasteiger partial charge on any atom is -0.480 e. The van der Waals surface area contributed by atoms with E-state index in [1.807, 2.05) is 18.3 Å². The summed E-state index contributed by atoms with van der Waals surface area (Å²) >= 11 is 0. The molecule has 15 heavy (non-hydrogen) atoms. The molecule has 0 aromatic carbocycles. The second-order valence-electron chi connectivity index (χ2n) is 3.97. The van der Waals surface area contributed by atoms with Gasteiger partial charge in [0.2, 0.25) is 0 Å². The second kappa shape index (κ2) is 4.40. The Kier molecular flexibility index (Phi) is 2.97. The number of hydrogen-bond donors (Lipinski definition) is 2. The summed E-state index contributed by atoms with van der Waals surface area (Å²) in [6, 6.07) is 3.57. The fourth-order valence-electron chi connectivity index (χ4n) is 2.00. The first-order valence-electron chi connectivity index (χ1n) is 5.11. The minimum atomic E-state index is -0.747. The van der Waals surface area contributed by atoms with Gasteiger partial charge in [0.25, 0.3) is 0 Å². The van der Waals surface area contributed by atoms with Gasteiger partial charge in [-0.15, -0.1) is 0 Å². The predicted molar refractivity (Wildman–Crippen MR) is 55.5 cm³/mol. The van der Waals surface area contributed by atoms with Gasteiger partial charge in [0.05, 0.1) is 0 Å². The molecule has 2 rings (SSSR count). The average molecular weight is 206 g/mol. The van der Waals surface area contributed by atoms with Crippen molar-refractivity contribution in [2.75, 3.05) is 6.54 Å². The SMILES string of the molecule is O=C(O)C1CC(Cc2cccnc2)CN1. The summed E-state index contributed by atoms with van der Waals surface area (Å²) < 4.78 is 0. The first-order valence-corrected chi connectivity index (χ1v) is 5.11. The molecule has 4 heteroatoms. The summed E-state index contributed by atoms with van der Waals surface area (Å²) in [5, 5.41) is 11.8. The van der Waals surface area contributed by atoms with Crippen LogP contribution in [-0.2, 0) is 11.2 Å². The molecular formula is C11H14N2O2. The van der Waals surface area contributed by atoms with Gasteiger partial charge in [0, 0.05) is 12.4 Å². The Bertz CT molecular complexity index is 340. The van der Waals surface area contributed by atoms with Gasteiger partial charge < -0.3 is 10.4 Å². The highest BCUT2D eigenvalue weighted by molar-refractivity contribution is 5.73. The van der Waals surface area contributed by atoms with Gasteiger partial charge in [-0.25, -0.2) is 0 Å². The molecule has 0 bridgehead atoms. The lowest BCUT2D eigenvalue weighted by Gasteiger charge is -2.07. The van der Waals surface area contributed by atoms with Gasteiger partial charge >= 0.3 is 5.97 Å². The Labute approximate surface area is 88.3 Å². The van der Waals surface area contributed by atoms with E-state index in [-0.39, 0.29) is 6.04 Å². The molecular weight excluding hydrogens is 192 g/mol. The normalized spacial score (nSPS) is 25.3. The van der Waals surface area contributed by atoms with Crippen LogP contribution in [0.4, 0.5) is 0 Å². The van der Waals surface area contributed by atoms with Gasteiger partial charge in [-0.1, -0.05) is 6.07 Å². The molecule has 0 radical (unpaired) electrons. The summed E-state index contributed by atoms with van der Waals surface area (Å²) in [5.74, 6) is -0.334. The molecule has 1 fully saturated rings. The number of rotatable bonds is 3. The van der Waals surface area contributed by atoms with Crippen LogP contribution in [0.15, 0.2) is 24.5 Å². The number of carboxylic acids is 1. The summed E-state index contributed by atoms with van der Waals surface area (Å²) in [6.07, 6.45) is 5.21. The Morgan fingerprint density at radius 3 is 3.13 bits per heavy atom. The molecule has 1 aromatic rings. The standard InChI is InChI=1S/C11H14N2O2/c14-11(15)10-5-9(7-13-10)4-8-2-1-3-12-6-8/h1-3,6,9-10,13H,4-5,7H2,(H,14,15). The molecule has 80 valence electrons. The molecule has 2 unspecified atom stereocenters. The fraction of sp³-hybridized carbons (Fsp3) is 0.455. The maximum atomic E-state index is 10.7. The van der Waals surface area contributed by atoms with Crippen LogP contribution in [0.3, 0.4) is 0 Å². The molecule has 0 spiro atoms. The van der Waals surface area contributed by atoms with Gasteiger partial charge in [-0.3, -0.25) is 9.78 Å². The van der Waals surface area contributed by atoms with E-state index < -0.39 is 5.97 Å². The van der Waals surface area contributed by atoms with E-state index in [1.165, 1.54) is 5.56 Å². The van der Waals surface area contributed by atoms with Crippen molar-refractivity contribution in [3.8, 4) is 0 Å². The third kappa shape index (κ3) is 2.53. The van der Waals surface area contributed by atoms with Crippen LogP contribution in [0.25, 0.3) is 0 Å². The van der Waals surface area contributed by atoms with Crippen molar-refractivity contribution in [3.05, 3.63) is 30.1 Å². The molecule has 2 N–H and O–H groups in total. The van der Waals surface area contributed by atoms with Crippen LogP contribution in [0, 0.1) is 5.92 Å². The highest BCUT2D eigenvalue weighted by Gasteiger charge is 2.28. The van der Waals surface area contributed by atoms with Gasteiger partial charge in [0.15, 0.2) is 0 Å². The summed E-state index contributed by atoms with van der Waals surface area (Å²) in [4.78, 5) is 14.8. The van der Waals surface area contributed by atoms with E-state index in [1.54, 1.807) is 6.20 Å². The minimum absolute atomic E-state index is 0.369. The monoisotopic (exact) mass is 206 g/mol. The lowest BCUT2D eigenvalue weighted by atomic mass is 9.98. The number of hydrogen-bond acceptors (Lipinski definition) is 3. The van der Waals surface area contributed by atoms with Crippen molar-refractivity contribution in [2.45, 2.75) is 18.9 Å². The summed E-state index contributed by atoms with van der Waals surface area (Å²) in [5.41, 5.74) is 1.18. The van der Waals surface area contributed by atoms with Crippen LogP contribution in [0.2, 0.25) is 0 Å². The quantitative estimate of drug-likeness (QED) is 0.763. The van der Waals surface area contributed by atoms with E-state index in [9.17, 15) is 4.79 Å². The highest BCUT2D eigenvalue weighted by atomic mass is 16.4. The molecule has 1 aliphatic rings. The average Bonchev–Trinajstić information content (AvgIpc) is 2.68. The lowest BCUT2D eigenvalue weighted by molar-refractivity contribution is -0.139. The zero-order valence-corrected chi connectivity index (χ0v) is 8.39. The third-order valence-electron chi connectivity index (χ3n) is 2.77. The third-order valence-corrected chi connectivity index (χ3v) is 2.77. The number of pyridine rings is 1. The summed E-state index contributed by atoms with van der Waals surface area (Å²) in [7, 11) is 0. The van der Waals surface area contributed by atoms with Crippen LogP contribution < -0.4 is 5.32 Å². The Morgan fingerprint density at radius 2 is 2.53 bits per heavy atom. The molecule has 0 saturated carbocycles. The molecule has 1 saturated heterocycles. The van der Waals surface area contributed by atoms with Crippen molar-refractivity contribution in [3.63, 3.8) is 0 Å². The Morgan fingerprint density at radius 1 is 1.67 bits per heavy atom. The number of nitrogens with zero attached hydrogens (tertiary/aromatic N) is 1. The maximum absolute atomic E-state index is 10.7. The van der Waals surface area contributed by atoms with Crippen LogP contribution in [0.1, 0.15) is 12.0 Å². The van der Waals surface area contributed by atoms with Crippen LogP contribution in [-0.4, -0.2) is 28.6 Å². The number of carboxylic acid groups (broad SMARTS) is 1. The topological polar surface area (TPSA) is 62.2 Å². The molecule has 1 aromatic heterocycles. The van der Waals surface area contributed by atoms with Crippen molar-refractivity contribution >= 4 is 5.97 Å². The number of aliphatic carboxylic acids is 1. The first-order chi connectivity index (χ1) is 7.25. The molecule has 0 amide bonds. The van der Waals surface area contributed by atoms with E-state index in [2.05, 4.69) is 10.3 Å². The van der Waals surface area contributed by atoms with Crippen LogP contribution in [0.5, 0.6) is 0 Å². The highest BCUT2D eigenvalue weighted by Crippen LogP contribution is 2.18. The fourth-order valence-corrected chi connectivity index (χ4v) is 2.00. The van der Waals surface area contributed by atoms with Crippen molar-refractivity contribution in [1.82, 2.24) is 10.3 Å². The van der Waals surface area contributed by atoms with E-state index in [0.29, 0.717) is 12.3 Å². The largest absolute Gasteiger partial charge is 0.480 e. The zero-order chi connectivity index (χ0) is 10.7. The predicted octanol–water partition coefficient (Wildman–Crippen LogP) is 0.687. The molecule has 2 atom stereocenters.